The molecular weight excluding hydrogens is 286 g/mol. The Kier molecular flexibility index (Phi) is 5.23. The zero-order valence-corrected chi connectivity index (χ0v) is 12.9. The van der Waals surface area contributed by atoms with Gasteiger partial charge in [0.2, 0.25) is 0 Å². The summed E-state index contributed by atoms with van der Waals surface area (Å²) in [5.74, 6) is 0.294. The summed E-state index contributed by atoms with van der Waals surface area (Å²) in [6, 6.07) is 14.9. The van der Waals surface area contributed by atoms with Crippen LogP contribution in [0.15, 0.2) is 48.5 Å². The van der Waals surface area contributed by atoms with E-state index < -0.39 is 6.10 Å². The number of ether oxygens (including phenoxy) is 1. The van der Waals surface area contributed by atoms with E-state index in [9.17, 15) is 4.79 Å². The third-order valence-corrected chi connectivity index (χ3v) is 3.45. The molecule has 0 heterocycles. The first-order valence-electron chi connectivity index (χ1n) is 6.91. The van der Waals surface area contributed by atoms with E-state index in [1.165, 1.54) is 5.56 Å². The number of amides is 1. The molecule has 0 fully saturated rings. The number of para-hydroxylation sites is 1. The summed E-state index contributed by atoms with van der Waals surface area (Å²) in [4.78, 5) is 12.1. The summed E-state index contributed by atoms with van der Waals surface area (Å²) in [5.41, 5.74) is 1.99. The van der Waals surface area contributed by atoms with Gasteiger partial charge in [-0.05, 0) is 43.2 Å². The Morgan fingerprint density at radius 3 is 2.48 bits per heavy atom. The number of hydrogen-bond donors (Lipinski definition) is 1. The van der Waals surface area contributed by atoms with E-state index in [0.29, 0.717) is 10.8 Å². The van der Waals surface area contributed by atoms with Gasteiger partial charge in [0, 0.05) is 5.69 Å². The van der Waals surface area contributed by atoms with Crippen LogP contribution in [0.3, 0.4) is 0 Å². The molecule has 0 aliphatic rings. The number of carbonyl (C=O) groups is 1. The molecule has 0 aliphatic carbocycles. The molecule has 2 rings (SSSR count). The SMILES string of the molecule is CCc1ccc(NC(=O)[C@@H](C)Oc2ccccc2Cl)cc1. The molecule has 0 aliphatic heterocycles. The molecule has 3 nitrogen and oxygen atoms in total. The third-order valence-electron chi connectivity index (χ3n) is 3.14. The smallest absolute Gasteiger partial charge is 0.265 e. The molecule has 21 heavy (non-hydrogen) atoms. The number of benzene rings is 2. The van der Waals surface area contributed by atoms with Crippen molar-refractivity contribution >= 4 is 23.2 Å². The highest BCUT2D eigenvalue weighted by Gasteiger charge is 2.16. The van der Waals surface area contributed by atoms with E-state index in [2.05, 4.69) is 12.2 Å². The molecule has 0 bridgehead atoms. The lowest BCUT2D eigenvalue weighted by molar-refractivity contribution is -0.122. The summed E-state index contributed by atoms with van der Waals surface area (Å²) in [7, 11) is 0. The van der Waals surface area contributed by atoms with Gasteiger partial charge in [0.25, 0.3) is 5.91 Å². The van der Waals surface area contributed by atoms with Crippen molar-refractivity contribution in [3.05, 3.63) is 59.1 Å². The van der Waals surface area contributed by atoms with E-state index in [4.69, 9.17) is 16.3 Å². The maximum atomic E-state index is 12.1. The van der Waals surface area contributed by atoms with Crippen molar-refractivity contribution < 1.29 is 9.53 Å². The molecule has 1 N–H and O–H groups in total. The lowest BCUT2D eigenvalue weighted by atomic mass is 10.1. The second-order valence-corrected chi connectivity index (χ2v) is 5.14. The monoisotopic (exact) mass is 303 g/mol. The Hall–Kier alpha value is -2.00. The third kappa shape index (κ3) is 4.23. The Morgan fingerprint density at radius 1 is 1.19 bits per heavy atom. The van der Waals surface area contributed by atoms with Crippen LogP contribution >= 0.6 is 11.6 Å². The number of aryl methyl sites for hydroxylation is 1. The highest BCUT2D eigenvalue weighted by Crippen LogP contribution is 2.24. The molecule has 0 radical (unpaired) electrons. The first kappa shape index (κ1) is 15.4. The fraction of sp³-hybridized carbons (Fsp3) is 0.235. The molecule has 0 saturated heterocycles. The second kappa shape index (κ2) is 7.14. The molecule has 4 heteroatoms. The van der Waals surface area contributed by atoms with Crippen LogP contribution in [0.25, 0.3) is 0 Å². The fourth-order valence-electron chi connectivity index (χ4n) is 1.85. The Labute approximate surface area is 129 Å². The molecule has 0 saturated carbocycles. The topological polar surface area (TPSA) is 38.3 Å². The maximum absolute atomic E-state index is 12.1. The van der Waals surface area contributed by atoms with Gasteiger partial charge in [-0.3, -0.25) is 4.79 Å². The maximum Gasteiger partial charge on any atom is 0.265 e. The van der Waals surface area contributed by atoms with Crippen molar-refractivity contribution in [3.8, 4) is 5.75 Å². The molecule has 1 atom stereocenters. The summed E-state index contributed by atoms with van der Waals surface area (Å²) in [5, 5.41) is 3.32. The highest BCUT2D eigenvalue weighted by atomic mass is 35.5. The number of anilines is 1. The average Bonchev–Trinajstić information content (AvgIpc) is 2.50. The van der Waals surface area contributed by atoms with Crippen molar-refractivity contribution in [1.29, 1.82) is 0 Å². The van der Waals surface area contributed by atoms with Crippen LogP contribution in [0.2, 0.25) is 5.02 Å². The van der Waals surface area contributed by atoms with Gasteiger partial charge in [0.1, 0.15) is 5.75 Å². The summed E-state index contributed by atoms with van der Waals surface area (Å²) < 4.78 is 5.58. The highest BCUT2D eigenvalue weighted by molar-refractivity contribution is 6.32. The lowest BCUT2D eigenvalue weighted by Crippen LogP contribution is -2.30. The van der Waals surface area contributed by atoms with Crippen LogP contribution in [0.1, 0.15) is 19.4 Å². The average molecular weight is 304 g/mol. The van der Waals surface area contributed by atoms with Gasteiger partial charge in [-0.25, -0.2) is 0 Å². The first-order valence-corrected chi connectivity index (χ1v) is 7.29. The van der Waals surface area contributed by atoms with Crippen molar-refractivity contribution in [1.82, 2.24) is 0 Å². The van der Waals surface area contributed by atoms with E-state index >= 15 is 0 Å². The van der Waals surface area contributed by atoms with Crippen LogP contribution in [0.5, 0.6) is 5.75 Å². The fourth-order valence-corrected chi connectivity index (χ4v) is 2.03. The zero-order valence-electron chi connectivity index (χ0n) is 12.1. The minimum Gasteiger partial charge on any atom is -0.479 e. The van der Waals surface area contributed by atoms with Crippen LogP contribution in [0, 0.1) is 0 Å². The molecule has 0 aromatic heterocycles. The van der Waals surface area contributed by atoms with Gasteiger partial charge in [-0.2, -0.15) is 0 Å². The normalized spacial score (nSPS) is 11.8. The Balaban J connectivity index is 1.97. The second-order valence-electron chi connectivity index (χ2n) is 4.73. The Morgan fingerprint density at radius 2 is 1.86 bits per heavy atom. The van der Waals surface area contributed by atoms with Gasteiger partial charge < -0.3 is 10.1 Å². The predicted octanol–water partition coefficient (Wildman–Crippen LogP) is 4.31. The number of rotatable bonds is 5. The molecule has 1 amide bonds. The first-order chi connectivity index (χ1) is 10.1. The van der Waals surface area contributed by atoms with Crippen molar-refractivity contribution in [3.63, 3.8) is 0 Å². The molecule has 0 unspecified atom stereocenters. The largest absolute Gasteiger partial charge is 0.479 e. The lowest BCUT2D eigenvalue weighted by Gasteiger charge is -2.15. The quantitative estimate of drug-likeness (QED) is 0.894. The number of halogens is 1. The van der Waals surface area contributed by atoms with Gasteiger partial charge in [-0.15, -0.1) is 0 Å². The summed E-state index contributed by atoms with van der Waals surface area (Å²) >= 11 is 6.01. The van der Waals surface area contributed by atoms with E-state index in [1.54, 1.807) is 19.1 Å². The molecular formula is C17H18ClNO2. The summed E-state index contributed by atoms with van der Waals surface area (Å²) in [6.07, 6.45) is 0.344. The molecule has 0 spiro atoms. The zero-order chi connectivity index (χ0) is 15.2. The predicted molar refractivity (Wildman–Crippen MR) is 86.0 cm³/mol. The van der Waals surface area contributed by atoms with Crippen molar-refractivity contribution in [2.24, 2.45) is 0 Å². The number of nitrogens with one attached hydrogen (secondary N) is 1. The number of hydrogen-bond acceptors (Lipinski definition) is 2. The molecule has 2 aromatic rings. The Bertz CT molecular complexity index is 610. The molecule has 110 valence electrons. The van der Waals surface area contributed by atoms with Crippen molar-refractivity contribution in [2.45, 2.75) is 26.4 Å². The van der Waals surface area contributed by atoms with Crippen LogP contribution in [0.4, 0.5) is 5.69 Å². The van der Waals surface area contributed by atoms with E-state index in [1.807, 2.05) is 36.4 Å². The van der Waals surface area contributed by atoms with Gasteiger partial charge in [0.15, 0.2) is 6.10 Å². The summed E-state index contributed by atoms with van der Waals surface area (Å²) in [6.45, 7) is 3.78. The minimum atomic E-state index is -0.629. The van der Waals surface area contributed by atoms with Gasteiger partial charge in [-0.1, -0.05) is 42.8 Å². The van der Waals surface area contributed by atoms with E-state index in [-0.39, 0.29) is 5.91 Å². The van der Waals surface area contributed by atoms with E-state index in [0.717, 1.165) is 12.1 Å². The standard InChI is InChI=1S/C17H18ClNO2/c1-3-13-8-10-14(11-9-13)19-17(20)12(2)21-16-7-5-4-6-15(16)18/h4-12H,3H2,1-2H3,(H,19,20)/t12-/m1/s1. The van der Waals surface area contributed by atoms with Gasteiger partial charge >= 0.3 is 0 Å². The molecule has 2 aromatic carbocycles. The van der Waals surface area contributed by atoms with Crippen molar-refractivity contribution in [2.75, 3.05) is 5.32 Å². The number of carbonyl (C=O) groups excluding carboxylic acids is 1. The van der Waals surface area contributed by atoms with Crippen LogP contribution in [-0.2, 0) is 11.2 Å². The van der Waals surface area contributed by atoms with Crippen LogP contribution in [-0.4, -0.2) is 12.0 Å². The minimum absolute atomic E-state index is 0.209. The van der Waals surface area contributed by atoms with Crippen LogP contribution < -0.4 is 10.1 Å². The van der Waals surface area contributed by atoms with Gasteiger partial charge in [0.05, 0.1) is 5.02 Å².